The van der Waals surface area contributed by atoms with Crippen LogP contribution < -0.4 is 10.6 Å². The van der Waals surface area contributed by atoms with Crippen molar-refractivity contribution in [3.63, 3.8) is 0 Å². The van der Waals surface area contributed by atoms with Gasteiger partial charge in [0.15, 0.2) is 0 Å². The zero-order valence-electron chi connectivity index (χ0n) is 11.9. The van der Waals surface area contributed by atoms with Gasteiger partial charge in [-0.15, -0.1) is 0 Å². The van der Waals surface area contributed by atoms with E-state index in [1.807, 2.05) is 31.2 Å². The quantitative estimate of drug-likeness (QED) is 0.754. The van der Waals surface area contributed by atoms with Crippen LogP contribution in [0.15, 0.2) is 28.7 Å². The van der Waals surface area contributed by atoms with Crippen molar-refractivity contribution >= 4 is 21.8 Å². The van der Waals surface area contributed by atoms with Crippen LogP contribution in [0.3, 0.4) is 0 Å². The van der Waals surface area contributed by atoms with Crippen molar-refractivity contribution in [3.8, 4) is 0 Å². The van der Waals surface area contributed by atoms with Crippen LogP contribution in [0.25, 0.3) is 0 Å². The minimum absolute atomic E-state index is 0.0543. The topological polar surface area (TPSA) is 41.1 Å². The number of halogens is 1. The molecular weight excluding hydrogens is 304 g/mol. The van der Waals surface area contributed by atoms with E-state index in [0.29, 0.717) is 12.5 Å². The van der Waals surface area contributed by atoms with E-state index in [-0.39, 0.29) is 11.9 Å². The lowest BCUT2D eigenvalue weighted by Crippen LogP contribution is -2.28. The van der Waals surface area contributed by atoms with E-state index in [0.717, 1.165) is 23.0 Å². The molecule has 2 N–H and O–H groups in total. The molecular formula is C15H23BrN2O. The van der Waals surface area contributed by atoms with Gasteiger partial charge in [-0.25, -0.2) is 0 Å². The van der Waals surface area contributed by atoms with E-state index in [9.17, 15) is 4.79 Å². The smallest absolute Gasteiger partial charge is 0.220 e. The van der Waals surface area contributed by atoms with Crippen LogP contribution in [-0.2, 0) is 4.79 Å². The van der Waals surface area contributed by atoms with Gasteiger partial charge in [0.2, 0.25) is 5.91 Å². The van der Waals surface area contributed by atoms with Gasteiger partial charge in [0.1, 0.15) is 0 Å². The Morgan fingerprint density at radius 3 is 2.42 bits per heavy atom. The van der Waals surface area contributed by atoms with Gasteiger partial charge in [0.25, 0.3) is 0 Å². The highest BCUT2D eigenvalue weighted by Gasteiger charge is 2.09. The summed E-state index contributed by atoms with van der Waals surface area (Å²) in [7, 11) is 0. The van der Waals surface area contributed by atoms with E-state index >= 15 is 0 Å². The van der Waals surface area contributed by atoms with Crippen molar-refractivity contribution < 1.29 is 4.79 Å². The normalized spacial score (nSPS) is 12.5. The number of amides is 1. The first-order valence-electron chi connectivity index (χ1n) is 6.77. The van der Waals surface area contributed by atoms with Crippen LogP contribution in [0, 0.1) is 0 Å². The summed E-state index contributed by atoms with van der Waals surface area (Å²) >= 11 is 3.40. The summed E-state index contributed by atoms with van der Waals surface area (Å²) in [5.74, 6) is 0.112. The largest absolute Gasteiger partial charge is 0.350 e. The highest BCUT2D eigenvalue weighted by molar-refractivity contribution is 9.10. The van der Waals surface area contributed by atoms with E-state index in [2.05, 4.69) is 40.4 Å². The lowest BCUT2D eigenvalue weighted by atomic mass is 10.1. The van der Waals surface area contributed by atoms with Crippen molar-refractivity contribution in [3.05, 3.63) is 34.3 Å². The molecule has 0 fully saturated rings. The molecule has 1 atom stereocenters. The number of hydrogen-bond acceptors (Lipinski definition) is 2. The average Bonchev–Trinajstić information content (AvgIpc) is 2.35. The lowest BCUT2D eigenvalue weighted by molar-refractivity contribution is -0.121. The van der Waals surface area contributed by atoms with E-state index in [1.54, 1.807) is 0 Å². The number of rotatable bonds is 7. The minimum Gasteiger partial charge on any atom is -0.350 e. The lowest BCUT2D eigenvalue weighted by Gasteiger charge is -2.15. The fourth-order valence-electron chi connectivity index (χ4n) is 1.79. The summed E-state index contributed by atoms with van der Waals surface area (Å²) in [4.78, 5) is 11.8. The molecule has 0 aliphatic carbocycles. The molecule has 1 amide bonds. The summed E-state index contributed by atoms with van der Waals surface area (Å²) in [6, 6.07) is 8.56. The van der Waals surface area contributed by atoms with Gasteiger partial charge in [-0.2, -0.15) is 0 Å². The molecule has 1 unspecified atom stereocenters. The van der Waals surface area contributed by atoms with Crippen molar-refractivity contribution in [2.75, 3.05) is 6.54 Å². The molecule has 0 saturated heterocycles. The number of hydrogen-bond donors (Lipinski definition) is 2. The zero-order valence-corrected chi connectivity index (χ0v) is 13.5. The fraction of sp³-hybridized carbons (Fsp3) is 0.533. The fourth-order valence-corrected chi connectivity index (χ4v) is 2.05. The molecule has 1 aromatic rings. The zero-order chi connectivity index (χ0) is 14.3. The minimum atomic E-state index is 0.0543. The van der Waals surface area contributed by atoms with Gasteiger partial charge in [-0.05, 0) is 37.6 Å². The number of benzene rings is 1. The van der Waals surface area contributed by atoms with Crippen LogP contribution >= 0.6 is 15.9 Å². The number of carbonyl (C=O) groups is 1. The second-order valence-corrected chi connectivity index (χ2v) is 5.97. The van der Waals surface area contributed by atoms with Crippen LogP contribution in [0.5, 0.6) is 0 Å². The van der Waals surface area contributed by atoms with Gasteiger partial charge >= 0.3 is 0 Å². The Morgan fingerprint density at radius 1 is 1.21 bits per heavy atom. The molecule has 0 aliphatic heterocycles. The molecule has 0 aromatic heterocycles. The SMILES string of the molecule is CC(C)NCCCC(=O)NC(C)c1ccc(Br)cc1. The molecule has 106 valence electrons. The van der Waals surface area contributed by atoms with Crippen molar-refractivity contribution in [2.45, 2.75) is 45.7 Å². The average molecular weight is 327 g/mol. The summed E-state index contributed by atoms with van der Waals surface area (Å²) in [5, 5.41) is 6.33. The third-order valence-electron chi connectivity index (χ3n) is 2.88. The first kappa shape index (κ1) is 16.2. The van der Waals surface area contributed by atoms with Gasteiger partial charge in [0, 0.05) is 16.9 Å². The summed E-state index contributed by atoms with van der Waals surface area (Å²) in [6.07, 6.45) is 1.44. The predicted molar refractivity (Wildman–Crippen MR) is 83.1 cm³/mol. The second-order valence-electron chi connectivity index (χ2n) is 5.05. The number of carbonyl (C=O) groups excluding carboxylic acids is 1. The Kier molecular flexibility index (Phi) is 7.10. The van der Waals surface area contributed by atoms with E-state index in [1.165, 1.54) is 0 Å². The maximum absolute atomic E-state index is 11.8. The number of nitrogens with one attached hydrogen (secondary N) is 2. The summed E-state index contributed by atoms with van der Waals surface area (Å²) in [6.45, 7) is 7.11. The maximum atomic E-state index is 11.8. The Bertz CT molecular complexity index is 390. The predicted octanol–water partition coefficient (Wildman–Crippen LogP) is 3.40. The van der Waals surface area contributed by atoms with Gasteiger partial charge in [-0.3, -0.25) is 4.79 Å². The Morgan fingerprint density at radius 2 is 1.84 bits per heavy atom. The highest BCUT2D eigenvalue weighted by Crippen LogP contribution is 2.16. The molecule has 0 spiro atoms. The molecule has 0 saturated carbocycles. The third kappa shape index (κ3) is 6.73. The van der Waals surface area contributed by atoms with Gasteiger partial charge in [0.05, 0.1) is 6.04 Å². The molecule has 0 aliphatic rings. The molecule has 0 bridgehead atoms. The molecule has 0 heterocycles. The molecule has 0 radical (unpaired) electrons. The molecule has 1 aromatic carbocycles. The Labute approximate surface area is 124 Å². The van der Waals surface area contributed by atoms with Gasteiger partial charge < -0.3 is 10.6 Å². The standard InChI is InChI=1S/C15H23BrN2O/c1-11(2)17-10-4-5-15(19)18-12(3)13-6-8-14(16)9-7-13/h6-9,11-12,17H,4-5,10H2,1-3H3,(H,18,19). The molecule has 4 heteroatoms. The first-order valence-corrected chi connectivity index (χ1v) is 7.56. The Hall–Kier alpha value is -0.870. The first-order chi connectivity index (χ1) is 8.99. The highest BCUT2D eigenvalue weighted by atomic mass is 79.9. The molecule has 3 nitrogen and oxygen atoms in total. The molecule has 1 rings (SSSR count). The third-order valence-corrected chi connectivity index (χ3v) is 3.41. The maximum Gasteiger partial charge on any atom is 0.220 e. The van der Waals surface area contributed by atoms with Crippen molar-refractivity contribution in [1.29, 1.82) is 0 Å². The second kappa shape index (κ2) is 8.33. The van der Waals surface area contributed by atoms with Crippen molar-refractivity contribution in [2.24, 2.45) is 0 Å². The van der Waals surface area contributed by atoms with Crippen LogP contribution in [-0.4, -0.2) is 18.5 Å². The van der Waals surface area contributed by atoms with Crippen LogP contribution in [0.2, 0.25) is 0 Å². The summed E-state index contributed by atoms with van der Waals surface area (Å²) in [5.41, 5.74) is 1.12. The van der Waals surface area contributed by atoms with Gasteiger partial charge in [-0.1, -0.05) is 41.9 Å². The monoisotopic (exact) mass is 326 g/mol. The van der Waals surface area contributed by atoms with Crippen LogP contribution in [0.4, 0.5) is 0 Å². The Balaban J connectivity index is 2.29. The molecule has 19 heavy (non-hydrogen) atoms. The van der Waals surface area contributed by atoms with E-state index < -0.39 is 0 Å². The van der Waals surface area contributed by atoms with E-state index in [4.69, 9.17) is 0 Å². The van der Waals surface area contributed by atoms with Crippen LogP contribution in [0.1, 0.15) is 45.2 Å². The van der Waals surface area contributed by atoms with Crippen molar-refractivity contribution in [1.82, 2.24) is 10.6 Å². The summed E-state index contributed by atoms with van der Waals surface area (Å²) < 4.78 is 1.05.